The van der Waals surface area contributed by atoms with Crippen molar-refractivity contribution in [2.75, 3.05) is 12.4 Å². The summed E-state index contributed by atoms with van der Waals surface area (Å²) in [5.41, 5.74) is 0.755. The van der Waals surface area contributed by atoms with Gasteiger partial charge in [-0.2, -0.15) is 4.31 Å². The van der Waals surface area contributed by atoms with Gasteiger partial charge in [-0.15, -0.1) is 0 Å². The fourth-order valence-corrected chi connectivity index (χ4v) is 3.54. The van der Waals surface area contributed by atoms with Gasteiger partial charge in [0.05, 0.1) is 11.3 Å². The second-order valence-electron chi connectivity index (χ2n) is 5.96. The van der Waals surface area contributed by atoms with Gasteiger partial charge in [-0.3, -0.25) is 4.79 Å². The summed E-state index contributed by atoms with van der Waals surface area (Å²) in [6.45, 7) is 3.57. The number of halogens is 1. The maximum Gasteiger partial charge on any atom is 0.243 e. The van der Waals surface area contributed by atoms with Gasteiger partial charge >= 0.3 is 0 Å². The van der Waals surface area contributed by atoms with Gasteiger partial charge in [0.25, 0.3) is 0 Å². The number of hydrogen-bond donors (Lipinski definition) is 1. The Kier molecular flexibility index (Phi) is 5.92. The van der Waals surface area contributed by atoms with E-state index in [4.69, 9.17) is 0 Å². The molecule has 7 heteroatoms. The van der Waals surface area contributed by atoms with Crippen LogP contribution in [0, 0.1) is 5.82 Å². The number of amides is 1. The highest BCUT2D eigenvalue weighted by Crippen LogP contribution is 2.19. The molecule has 0 aliphatic carbocycles. The van der Waals surface area contributed by atoms with Crippen LogP contribution < -0.4 is 5.32 Å². The van der Waals surface area contributed by atoms with E-state index in [1.54, 1.807) is 32.0 Å². The molecule has 5 nitrogen and oxygen atoms in total. The first-order valence-corrected chi connectivity index (χ1v) is 9.27. The minimum absolute atomic E-state index is 0.0944. The molecule has 0 atom stereocenters. The number of carbonyl (C=O) groups excluding carboxylic acids is 1. The number of nitrogens with one attached hydrogen (secondary N) is 1. The van der Waals surface area contributed by atoms with Crippen LogP contribution in [0.5, 0.6) is 0 Å². The Balaban J connectivity index is 2.08. The maximum atomic E-state index is 13.6. The van der Waals surface area contributed by atoms with Crippen molar-refractivity contribution in [1.29, 1.82) is 0 Å². The number of sulfonamides is 1. The fraction of sp³-hybridized carbons (Fsp3) is 0.278. The molecule has 134 valence electrons. The molecule has 0 spiro atoms. The first-order chi connectivity index (χ1) is 11.7. The molecule has 0 fully saturated rings. The van der Waals surface area contributed by atoms with Crippen molar-refractivity contribution in [3.05, 3.63) is 59.9 Å². The quantitative estimate of drug-likeness (QED) is 0.857. The van der Waals surface area contributed by atoms with Gasteiger partial charge in [-0.05, 0) is 49.7 Å². The molecule has 2 aromatic carbocycles. The molecule has 25 heavy (non-hydrogen) atoms. The average molecular weight is 364 g/mol. The highest BCUT2D eigenvalue weighted by Gasteiger charge is 2.22. The standard InChI is InChI=1S/C18H21FN2O3S/c1-13(2)21(3)25(23,24)16-10-8-15(9-11-16)20-18(22)12-14-6-4-5-7-17(14)19/h4-11,13H,12H2,1-3H3,(H,20,22). The number of rotatable bonds is 6. The Labute approximate surface area is 147 Å². The Morgan fingerprint density at radius 3 is 2.28 bits per heavy atom. The molecule has 2 rings (SSSR count). The summed E-state index contributed by atoms with van der Waals surface area (Å²) in [7, 11) is -2.05. The van der Waals surface area contributed by atoms with Crippen molar-refractivity contribution in [1.82, 2.24) is 4.31 Å². The highest BCUT2D eigenvalue weighted by atomic mass is 32.2. The Morgan fingerprint density at radius 2 is 1.72 bits per heavy atom. The van der Waals surface area contributed by atoms with Crippen molar-refractivity contribution >= 4 is 21.6 Å². The summed E-state index contributed by atoms with van der Waals surface area (Å²) >= 11 is 0. The van der Waals surface area contributed by atoms with Crippen LogP contribution in [0.3, 0.4) is 0 Å². The molecule has 0 bridgehead atoms. The van der Waals surface area contributed by atoms with E-state index in [-0.39, 0.29) is 23.3 Å². The third-order valence-corrected chi connectivity index (χ3v) is 5.90. The second-order valence-corrected chi connectivity index (χ2v) is 7.95. The lowest BCUT2D eigenvalue weighted by atomic mass is 10.1. The normalized spacial score (nSPS) is 11.8. The molecule has 0 aliphatic heterocycles. The van der Waals surface area contributed by atoms with Gasteiger partial charge in [-0.25, -0.2) is 12.8 Å². The van der Waals surface area contributed by atoms with Crippen molar-refractivity contribution in [3.8, 4) is 0 Å². The Hall–Kier alpha value is -2.25. The molecule has 0 radical (unpaired) electrons. The summed E-state index contributed by atoms with van der Waals surface area (Å²) in [6, 6.07) is 11.8. The molecule has 0 heterocycles. The number of benzene rings is 2. The van der Waals surface area contributed by atoms with Crippen LogP contribution in [0.15, 0.2) is 53.4 Å². The summed E-state index contributed by atoms with van der Waals surface area (Å²) < 4.78 is 39.6. The van der Waals surface area contributed by atoms with E-state index in [0.717, 1.165) is 0 Å². The number of hydrogen-bond acceptors (Lipinski definition) is 3. The van der Waals surface area contributed by atoms with Crippen LogP contribution in [0.1, 0.15) is 19.4 Å². The van der Waals surface area contributed by atoms with Crippen molar-refractivity contribution in [2.45, 2.75) is 31.2 Å². The van der Waals surface area contributed by atoms with Gasteiger partial charge in [0.2, 0.25) is 15.9 Å². The third kappa shape index (κ3) is 4.64. The first kappa shape index (κ1) is 19.1. The molecule has 0 saturated heterocycles. The van der Waals surface area contributed by atoms with Gasteiger partial charge in [0.15, 0.2) is 0 Å². The molecular formula is C18H21FN2O3S. The summed E-state index contributed by atoms with van der Waals surface area (Å²) in [5.74, 6) is -0.809. The maximum absolute atomic E-state index is 13.6. The van der Waals surface area contributed by atoms with Crippen molar-refractivity contribution in [3.63, 3.8) is 0 Å². The molecule has 0 aromatic heterocycles. The topological polar surface area (TPSA) is 66.5 Å². The predicted octanol–water partition coefficient (Wildman–Crippen LogP) is 3.04. The van der Waals surface area contributed by atoms with Crippen LogP contribution in [0.4, 0.5) is 10.1 Å². The number of carbonyl (C=O) groups is 1. The van der Waals surface area contributed by atoms with Crippen molar-refractivity contribution < 1.29 is 17.6 Å². The molecule has 2 aromatic rings. The van der Waals surface area contributed by atoms with Gasteiger partial charge in [0.1, 0.15) is 5.82 Å². The average Bonchev–Trinajstić information content (AvgIpc) is 2.56. The SMILES string of the molecule is CC(C)N(C)S(=O)(=O)c1ccc(NC(=O)Cc2ccccc2F)cc1. The zero-order chi connectivity index (χ0) is 18.6. The minimum Gasteiger partial charge on any atom is -0.326 e. The molecule has 0 saturated carbocycles. The van der Waals surface area contributed by atoms with Gasteiger partial charge < -0.3 is 5.32 Å². The predicted molar refractivity (Wildman–Crippen MR) is 95.3 cm³/mol. The zero-order valence-electron chi connectivity index (χ0n) is 14.4. The number of nitrogens with zero attached hydrogens (tertiary/aromatic N) is 1. The molecule has 1 N–H and O–H groups in total. The summed E-state index contributed by atoms with van der Waals surface area (Å²) in [5, 5.41) is 2.63. The minimum atomic E-state index is -3.57. The molecule has 0 unspecified atom stereocenters. The van der Waals surface area contributed by atoms with E-state index in [1.807, 2.05) is 0 Å². The van der Waals surface area contributed by atoms with Crippen LogP contribution >= 0.6 is 0 Å². The zero-order valence-corrected chi connectivity index (χ0v) is 15.2. The van der Waals surface area contributed by atoms with E-state index in [9.17, 15) is 17.6 Å². The second kappa shape index (κ2) is 7.76. The lowest BCUT2D eigenvalue weighted by molar-refractivity contribution is -0.115. The van der Waals surface area contributed by atoms with Crippen LogP contribution in [0.2, 0.25) is 0 Å². The lowest BCUT2D eigenvalue weighted by Crippen LogP contribution is -2.33. The van der Waals surface area contributed by atoms with Crippen LogP contribution in [-0.4, -0.2) is 31.7 Å². The largest absolute Gasteiger partial charge is 0.326 e. The lowest BCUT2D eigenvalue weighted by Gasteiger charge is -2.21. The smallest absolute Gasteiger partial charge is 0.243 e. The highest BCUT2D eigenvalue weighted by molar-refractivity contribution is 7.89. The van der Waals surface area contributed by atoms with Crippen LogP contribution in [-0.2, 0) is 21.2 Å². The fourth-order valence-electron chi connectivity index (χ4n) is 2.17. The molecule has 0 aliphatic rings. The Morgan fingerprint density at radius 1 is 1.12 bits per heavy atom. The summed E-state index contributed by atoms with van der Waals surface area (Å²) in [6.07, 6.45) is -0.0944. The van der Waals surface area contributed by atoms with Crippen molar-refractivity contribution in [2.24, 2.45) is 0 Å². The third-order valence-electron chi connectivity index (χ3n) is 3.85. The van der Waals surface area contributed by atoms with E-state index in [2.05, 4.69) is 5.32 Å². The Bertz CT molecular complexity index is 849. The molecule has 1 amide bonds. The summed E-state index contributed by atoms with van der Waals surface area (Å²) in [4.78, 5) is 12.2. The molecular weight excluding hydrogens is 343 g/mol. The van der Waals surface area contributed by atoms with E-state index >= 15 is 0 Å². The van der Waals surface area contributed by atoms with E-state index in [0.29, 0.717) is 11.3 Å². The van der Waals surface area contributed by atoms with Gasteiger partial charge in [0, 0.05) is 18.8 Å². The number of anilines is 1. The van der Waals surface area contributed by atoms with Gasteiger partial charge in [-0.1, -0.05) is 18.2 Å². The first-order valence-electron chi connectivity index (χ1n) is 7.83. The van der Waals surface area contributed by atoms with E-state index < -0.39 is 15.8 Å². The van der Waals surface area contributed by atoms with Crippen LogP contribution in [0.25, 0.3) is 0 Å². The van der Waals surface area contributed by atoms with E-state index in [1.165, 1.54) is 41.7 Å². The monoisotopic (exact) mass is 364 g/mol.